The van der Waals surface area contributed by atoms with Crippen LogP contribution >= 0.6 is 0 Å². The minimum atomic E-state index is -1.09. The van der Waals surface area contributed by atoms with Gasteiger partial charge in [0.05, 0.1) is 6.54 Å². The first-order valence-corrected chi connectivity index (χ1v) is 4.09. The van der Waals surface area contributed by atoms with Crippen LogP contribution < -0.4 is 5.32 Å². The molecule has 0 aromatic rings. The van der Waals surface area contributed by atoms with Crippen LogP contribution in [0.4, 0.5) is 0 Å². The molecule has 3 nitrogen and oxygen atoms in total. The minimum Gasteiger partial charge on any atom is -0.380 e. The van der Waals surface area contributed by atoms with Crippen molar-refractivity contribution in [2.24, 2.45) is 0 Å². The van der Waals surface area contributed by atoms with Crippen LogP contribution in [-0.2, 0) is 4.79 Å². The fourth-order valence-electron chi connectivity index (χ4n) is 1.12. The summed E-state index contributed by atoms with van der Waals surface area (Å²) in [6, 6.07) is 0. The van der Waals surface area contributed by atoms with E-state index >= 15 is 0 Å². The molecule has 0 aromatic carbocycles. The van der Waals surface area contributed by atoms with E-state index in [0.717, 1.165) is 6.42 Å². The lowest BCUT2D eigenvalue weighted by molar-refractivity contribution is -0.148. The Hall–Kier alpha value is -1.01. The van der Waals surface area contributed by atoms with E-state index in [4.69, 9.17) is 0 Å². The molecule has 0 spiro atoms. The number of aliphatic hydroxyl groups is 1. The summed E-state index contributed by atoms with van der Waals surface area (Å²) in [5.41, 5.74) is -1.09. The average Bonchev–Trinajstić information content (AvgIpc) is 2.00. The first-order chi connectivity index (χ1) is 5.69. The first-order valence-electron chi connectivity index (χ1n) is 4.09. The van der Waals surface area contributed by atoms with Crippen LogP contribution in [0, 0.1) is 11.8 Å². The molecule has 0 aliphatic heterocycles. The van der Waals surface area contributed by atoms with Gasteiger partial charge >= 0.3 is 0 Å². The number of amides is 1. The molecule has 1 saturated carbocycles. The SMILES string of the molecule is CC#CCNC(=O)C1(O)CCC1. The van der Waals surface area contributed by atoms with E-state index in [-0.39, 0.29) is 5.91 Å². The van der Waals surface area contributed by atoms with Gasteiger partial charge in [0.1, 0.15) is 5.60 Å². The summed E-state index contributed by atoms with van der Waals surface area (Å²) in [7, 11) is 0. The first kappa shape index (κ1) is 9.08. The lowest BCUT2D eigenvalue weighted by atomic mass is 9.79. The molecule has 66 valence electrons. The van der Waals surface area contributed by atoms with Crippen LogP contribution in [0.5, 0.6) is 0 Å². The molecule has 0 atom stereocenters. The number of nitrogens with one attached hydrogen (secondary N) is 1. The van der Waals surface area contributed by atoms with Gasteiger partial charge in [0.2, 0.25) is 0 Å². The average molecular weight is 167 g/mol. The van der Waals surface area contributed by atoms with Gasteiger partial charge in [-0.1, -0.05) is 5.92 Å². The third-order valence-electron chi connectivity index (χ3n) is 2.12. The van der Waals surface area contributed by atoms with Gasteiger partial charge in [-0.15, -0.1) is 5.92 Å². The Morgan fingerprint density at radius 1 is 1.67 bits per heavy atom. The summed E-state index contributed by atoms with van der Waals surface area (Å²) in [6.07, 6.45) is 2.10. The number of carbonyl (C=O) groups excluding carboxylic acids is 1. The molecule has 1 fully saturated rings. The van der Waals surface area contributed by atoms with Gasteiger partial charge in [0.15, 0.2) is 0 Å². The Balaban J connectivity index is 2.31. The predicted octanol–water partition coefficient (Wildman–Crippen LogP) is 0.0409. The van der Waals surface area contributed by atoms with Gasteiger partial charge in [0, 0.05) is 0 Å². The van der Waals surface area contributed by atoms with E-state index < -0.39 is 5.60 Å². The molecule has 2 N–H and O–H groups in total. The second-order valence-electron chi connectivity index (χ2n) is 2.99. The topological polar surface area (TPSA) is 49.3 Å². The molecule has 1 amide bonds. The van der Waals surface area contributed by atoms with Crippen LogP contribution in [0.25, 0.3) is 0 Å². The standard InChI is InChI=1S/C9H13NO2/c1-2-3-7-10-8(11)9(12)5-4-6-9/h12H,4-7H2,1H3,(H,10,11). The fraction of sp³-hybridized carbons (Fsp3) is 0.667. The molecular weight excluding hydrogens is 154 g/mol. The molecule has 0 saturated heterocycles. The van der Waals surface area contributed by atoms with Gasteiger partial charge < -0.3 is 10.4 Å². The van der Waals surface area contributed by atoms with Crippen LogP contribution in [0.15, 0.2) is 0 Å². The zero-order chi connectivity index (χ0) is 9.03. The van der Waals surface area contributed by atoms with Gasteiger partial charge in [-0.05, 0) is 26.2 Å². The highest BCUT2D eigenvalue weighted by atomic mass is 16.3. The van der Waals surface area contributed by atoms with Crippen LogP contribution in [-0.4, -0.2) is 23.2 Å². The summed E-state index contributed by atoms with van der Waals surface area (Å²) >= 11 is 0. The van der Waals surface area contributed by atoms with Gasteiger partial charge in [-0.25, -0.2) is 0 Å². The molecule has 0 radical (unpaired) electrons. The normalized spacial score (nSPS) is 18.5. The molecule has 3 heteroatoms. The van der Waals surface area contributed by atoms with E-state index in [1.165, 1.54) is 0 Å². The summed E-state index contributed by atoms with van der Waals surface area (Å²) in [4.78, 5) is 11.2. The lowest BCUT2D eigenvalue weighted by Crippen LogP contribution is -2.51. The van der Waals surface area contributed by atoms with E-state index in [2.05, 4.69) is 17.2 Å². The minimum absolute atomic E-state index is 0.281. The number of hydrogen-bond acceptors (Lipinski definition) is 2. The maximum absolute atomic E-state index is 11.2. The molecule has 12 heavy (non-hydrogen) atoms. The zero-order valence-electron chi connectivity index (χ0n) is 7.18. The van der Waals surface area contributed by atoms with Crippen molar-refractivity contribution in [1.29, 1.82) is 0 Å². The van der Waals surface area contributed by atoms with Crippen molar-refractivity contribution in [2.45, 2.75) is 31.8 Å². The second kappa shape index (κ2) is 3.59. The second-order valence-corrected chi connectivity index (χ2v) is 2.99. The van der Waals surface area contributed by atoms with Crippen molar-refractivity contribution in [1.82, 2.24) is 5.32 Å². The van der Waals surface area contributed by atoms with Crippen molar-refractivity contribution in [3.63, 3.8) is 0 Å². The van der Waals surface area contributed by atoms with Gasteiger partial charge in [-0.2, -0.15) is 0 Å². The van der Waals surface area contributed by atoms with Crippen molar-refractivity contribution >= 4 is 5.91 Å². The maximum Gasteiger partial charge on any atom is 0.252 e. The van der Waals surface area contributed by atoms with Crippen molar-refractivity contribution in [3.05, 3.63) is 0 Å². The van der Waals surface area contributed by atoms with E-state index in [0.29, 0.717) is 19.4 Å². The third kappa shape index (κ3) is 1.77. The molecule has 0 bridgehead atoms. The molecular formula is C9H13NO2. The quantitative estimate of drug-likeness (QED) is 0.570. The molecule has 1 aliphatic carbocycles. The molecule has 1 aliphatic rings. The van der Waals surface area contributed by atoms with Crippen molar-refractivity contribution in [3.8, 4) is 11.8 Å². The van der Waals surface area contributed by atoms with Gasteiger partial charge in [0.25, 0.3) is 5.91 Å². The van der Waals surface area contributed by atoms with Crippen molar-refractivity contribution < 1.29 is 9.90 Å². The van der Waals surface area contributed by atoms with Crippen LogP contribution in [0.1, 0.15) is 26.2 Å². The van der Waals surface area contributed by atoms with Crippen LogP contribution in [0.3, 0.4) is 0 Å². The highest BCUT2D eigenvalue weighted by Gasteiger charge is 2.41. The highest BCUT2D eigenvalue weighted by Crippen LogP contribution is 2.31. The highest BCUT2D eigenvalue weighted by molar-refractivity contribution is 5.85. The molecule has 0 aromatic heterocycles. The molecule has 0 unspecified atom stereocenters. The molecule has 0 heterocycles. The maximum atomic E-state index is 11.2. The predicted molar refractivity (Wildman–Crippen MR) is 45.3 cm³/mol. The zero-order valence-corrected chi connectivity index (χ0v) is 7.18. The monoisotopic (exact) mass is 167 g/mol. The summed E-state index contributed by atoms with van der Waals surface area (Å²) in [6.45, 7) is 2.04. The van der Waals surface area contributed by atoms with Crippen molar-refractivity contribution in [2.75, 3.05) is 6.54 Å². The van der Waals surface area contributed by atoms with Crippen LogP contribution in [0.2, 0.25) is 0 Å². The van der Waals surface area contributed by atoms with E-state index in [1.54, 1.807) is 6.92 Å². The Labute approximate surface area is 72.2 Å². The fourth-order valence-corrected chi connectivity index (χ4v) is 1.12. The van der Waals surface area contributed by atoms with E-state index in [9.17, 15) is 9.90 Å². The number of hydrogen-bond donors (Lipinski definition) is 2. The summed E-state index contributed by atoms with van der Waals surface area (Å²) < 4.78 is 0. The Morgan fingerprint density at radius 3 is 2.75 bits per heavy atom. The Kier molecular flexibility index (Phi) is 2.72. The Bertz CT molecular complexity index is 233. The summed E-state index contributed by atoms with van der Waals surface area (Å²) in [5.74, 6) is 5.09. The van der Waals surface area contributed by atoms with Gasteiger partial charge in [-0.3, -0.25) is 4.79 Å². The smallest absolute Gasteiger partial charge is 0.252 e. The molecule has 1 rings (SSSR count). The third-order valence-corrected chi connectivity index (χ3v) is 2.12. The van der Waals surface area contributed by atoms with E-state index in [1.807, 2.05) is 0 Å². The lowest BCUT2D eigenvalue weighted by Gasteiger charge is -2.34. The number of carbonyl (C=O) groups is 1. The summed E-state index contributed by atoms with van der Waals surface area (Å²) in [5, 5.41) is 12.1. The Morgan fingerprint density at radius 2 is 2.33 bits per heavy atom. The number of rotatable bonds is 2. The largest absolute Gasteiger partial charge is 0.380 e.